The summed E-state index contributed by atoms with van der Waals surface area (Å²) in [7, 11) is 0. The minimum Gasteiger partial charge on any atom is -0.479 e. The number of carboxylic acid groups (broad SMARTS) is 1. The number of carbonyl (C=O) groups excluding carboxylic acids is 1. The lowest BCUT2D eigenvalue weighted by Gasteiger charge is -2.31. The standard InChI is InChI=1S/C13H14FNO4/c1-8-9(3-2-4-10(8)14)12(16)15-5-6-19-11(7-15)13(17)18/h2-4,11H,5-7H2,1H3,(H,17,18). The van der Waals surface area contributed by atoms with Crippen molar-refractivity contribution in [3.63, 3.8) is 0 Å². The quantitative estimate of drug-likeness (QED) is 0.870. The molecule has 19 heavy (non-hydrogen) atoms. The van der Waals surface area contributed by atoms with Crippen LogP contribution in [0, 0.1) is 12.7 Å². The predicted octanol–water partition coefficient (Wildman–Crippen LogP) is 1.06. The molecule has 2 rings (SSSR count). The highest BCUT2D eigenvalue weighted by molar-refractivity contribution is 5.96. The molecule has 0 aliphatic carbocycles. The van der Waals surface area contributed by atoms with Gasteiger partial charge in [-0.2, -0.15) is 0 Å². The average molecular weight is 267 g/mol. The molecule has 5 nitrogen and oxygen atoms in total. The lowest BCUT2D eigenvalue weighted by Crippen LogP contribution is -2.48. The number of rotatable bonds is 2. The van der Waals surface area contributed by atoms with Crippen LogP contribution in [0.25, 0.3) is 0 Å². The Hall–Kier alpha value is -1.95. The van der Waals surface area contributed by atoms with Crippen molar-refractivity contribution in [1.82, 2.24) is 4.90 Å². The molecular weight excluding hydrogens is 253 g/mol. The Labute approximate surface area is 109 Å². The van der Waals surface area contributed by atoms with E-state index in [1.165, 1.54) is 30.0 Å². The van der Waals surface area contributed by atoms with Gasteiger partial charge in [-0.25, -0.2) is 9.18 Å². The molecule has 0 radical (unpaired) electrons. The first-order valence-corrected chi connectivity index (χ1v) is 5.89. The van der Waals surface area contributed by atoms with Gasteiger partial charge in [-0.15, -0.1) is 0 Å². The number of aliphatic carboxylic acids is 1. The van der Waals surface area contributed by atoms with Gasteiger partial charge in [-0.1, -0.05) is 6.07 Å². The Morgan fingerprint density at radius 2 is 2.21 bits per heavy atom. The minimum atomic E-state index is -1.10. The van der Waals surface area contributed by atoms with Gasteiger partial charge in [0.05, 0.1) is 13.2 Å². The molecule has 1 aromatic rings. The fourth-order valence-electron chi connectivity index (χ4n) is 1.99. The third-order valence-corrected chi connectivity index (χ3v) is 3.13. The molecule has 1 N–H and O–H groups in total. The maximum Gasteiger partial charge on any atom is 0.334 e. The highest BCUT2D eigenvalue weighted by Gasteiger charge is 2.30. The van der Waals surface area contributed by atoms with Crippen LogP contribution in [0.3, 0.4) is 0 Å². The molecule has 1 aliphatic rings. The average Bonchev–Trinajstić information content (AvgIpc) is 2.41. The number of carboxylic acids is 1. The summed E-state index contributed by atoms with van der Waals surface area (Å²) >= 11 is 0. The fraction of sp³-hybridized carbons (Fsp3) is 0.385. The lowest BCUT2D eigenvalue weighted by atomic mass is 10.1. The van der Waals surface area contributed by atoms with Crippen LogP contribution in [-0.2, 0) is 9.53 Å². The summed E-state index contributed by atoms with van der Waals surface area (Å²) in [5.41, 5.74) is 0.525. The van der Waals surface area contributed by atoms with Crippen LogP contribution in [0.15, 0.2) is 18.2 Å². The molecule has 102 valence electrons. The summed E-state index contributed by atoms with van der Waals surface area (Å²) < 4.78 is 18.5. The molecular formula is C13H14FNO4. The molecule has 1 atom stereocenters. The number of benzene rings is 1. The fourth-order valence-corrected chi connectivity index (χ4v) is 1.99. The van der Waals surface area contributed by atoms with Crippen molar-refractivity contribution >= 4 is 11.9 Å². The van der Waals surface area contributed by atoms with Gasteiger partial charge in [-0.05, 0) is 24.6 Å². The van der Waals surface area contributed by atoms with Crippen molar-refractivity contribution in [3.8, 4) is 0 Å². The van der Waals surface area contributed by atoms with E-state index in [2.05, 4.69) is 0 Å². The second-order valence-electron chi connectivity index (χ2n) is 4.36. The van der Waals surface area contributed by atoms with E-state index in [1.807, 2.05) is 0 Å². The zero-order chi connectivity index (χ0) is 14.0. The third-order valence-electron chi connectivity index (χ3n) is 3.13. The number of hydrogen-bond acceptors (Lipinski definition) is 3. The monoisotopic (exact) mass is 267 g/mol. The lowest BCUT2D eigenvalue weighted by molar-refractivity contribution is -0.154. The van der Waals surface area contributed by atoms with E-state index < -0.39 is 17.9 Å². The third kappa shape index (κ3) is 2.73. The van der Waals surface area contributed by atoms with Crippen LogP contribution in [0.4, 0.5) is 4.39 Å². The van der Waals surface area contributed by atoms with Gasteiger partial charge in [0, 0.05) is 12.1 Å². The number of nitrogens with zero attached hydrogens (tertiary/aromatic N) is 1. The van der Waals surface area contributed by atoms with Gasteiger partial charge in [0.25, 0.3) is 5.91 Å². The van der Waals surface area contributed by atoms with E-state index in [9.17, 15) is 14.0 Å². The van der Waals surface area contributed by atoms with E-state index >= 15 is 0 Å². The number of morpholine rings is 1. The van der Waals surface area contributed by atoms with Crippen LogP contribution < -0.4 is 0 Å². The maximum absolute atomic E-state index is 13.4. The molecule has 0 bridgehead atoms. The van der Waals surface area contributed by atoms with Crippen molar-refractivity contribution in [2.45, 2.75) is 13.0 Å². The molecule has 0 aromatic heterocycles. The number of carbonyl (C=O) groups is 2. The summed E-state index contributed by atoms with van der Waals surface area (Å²) in [5, 5.41) is 8.88. The molecule has 1 unspecified atom stereocenters. The van der Waals surface area contributed by atoms with Gasteiger partial charge < -0.3 is 14.7 Å². The largest absolute Gasteiger partial charge is 0.479 e. The van der Waals surface area contributed by atoms with E-state index in [-0.39, 0.29) is 30.2 Å². The molecule has 1 fully saturated rings. The first kappa shape index (κ1) is 13.5. The molecule has 1 aliphatic heterocycles. The Morgan fingerprint density at radius 1 is 1.47 bits per heavy atom. The van der Waals surface area contributed by atoms with Gasteiger partial charge in [0.2, 0.25) is 0 Å². The minimum absolute atomic E-state index is 0.0237. The number of hydrogen-bond donors (Lipinski definition) is 1. The summed E-state index contributed by atoms with van der Waals surface area (Å²) in [6.07, 6.45) is -1.02. The SMILES string of the molecule is Cc1c(F)cccc1C(=O)N1CCOC(C(=O)O)C1. The van der Waals surface area contributed by atoms with E-state index in [0.717, 1.165) is 0 Å². The highest BCUT2D eigenvalue weighted by Crippen LogP contribution is 2.16. The van der Waals surface area contributed by atoms with Gasteiger partial charge >= 0.3 is 5.97 Å². The topological polar surface area (TPSA) is 66.8 Å². The van der Waals surface area contributed by atoms with Crippen LogP contribution >= 0.6 is 0 Å². The van der Waals surface area contributed by atoms with Crippen molar-refractivity contribution in [3.05, 3.63) is 35.1 Å². The van der Waals surface area contributed by atoms with Crippen molar-refractivity contribution in [2.24, 2.45) is 0 Å². The van der Waals surface area contributed by atoms with Crippen LogP contribution in [0.5, 0.6) is 0 Å². The van der Waals surface area contributed by atoms with Crippen molar-refractivity contribution in [1.29, 1.82) is 0 Å². The Bertz CT molecular complexity index is 517. The summed E-state index contributed by atoms with van der Waals surface area (Å²) in [5.74, 6) is -1.92. The zero-order valence-electron chi connectivity index (χ0n) is 10.4. The second kappa shape index (κ2) is 5.36. The zero-order valence-corrected chi connectivity index (χ0v) is 10.4. The smallest absolute Gasteiger partial charge is 0.334 e. The maximum atomic E-state index is 13.4. The highest BCUT2D eigenvalue weighted by atomic mass is 19.1. The predicted molar refractivity (Wildman–Crippen MR) is 64.4 cm³/mol. The molecule has 1 saturated heterocycles. The van der Waals surface area contributed by atoms with Crippen LogP contribution in [-0.4, -0.2) is 47.7 Å². The molecule has 0 spiro atoms. The van der Waals surface area contributed by atoms with Crippen LogP contribution in [0.2, 0.25) is 0 Å². The van der Waals surface area contributed by atoms with Gasteiger partial charge in [0.15, 0.2) is 6.10 Å². The van der Waals surface area contributed by atoms with Crippen molar-refractivity contribution < 1.29 is 23.8 Å². The Morgan fingerprint density at radius 3 is 2.89 bits per heavy atom. The number of ether oxygens (including phenoxy) is 1. The normalized spacial score (nSPS) is 19.3. The number of amides is 1. The summed E-state index contributed by atoms with van der Waals surface area (Å²) in [4.78, 5) is 24.5. The number of halogens is 1. The molecule has 1 aromatic carbocycles. The van der Waals surface area contributed by atoms with Crippen LogP contribution in [0.1, 0.15) is 15.9 Å². The summed E-state index contributed by atoms with van der Waals surface area (Å²) in [6.45, 7) is 1.97. The first-order valence-electron chi connectivity index (χ1n) is 5.89. The first-order chi connectivity index (χ1) is 9.00. The Balaban J connectivity index is 2.19. The van der Waals surface area contributed by atoms with Gasteiger partial charge in [0.1, 0.15) is 5.82 Å². The second-order valence-corrected chi connectivity index (χ2v) is 4.36. The van der Waals surface area contributed by atoms with Crippen molar-refractivity contribution in [2.75, 3.05) is 19.7 Å². The molecule has 1 heterocycles. The molecule has 1 amide bonds. The Kier molecular flexibility index (Phi) is 3.80. The van der Waals surface area contributed by atoms with E-state index in [0.29, 0.717) is 6.54 Å². The van der Waals surface area contributed by atoms with Gasteiger partial charge in [-0.3, -0.25) is 4.79 Å². The van der Waals surface area contributed by atoms with E-state index in [4.69, 9.17) is 9.84 Å². The molecule has 0 saturated carbocycles. The molecule has 6 heteroatoms. The van der Waals surface area contributed by atoms with E-state index in [1.54, 1.807) is 0 Å². The summed E-state index contributed by atoms with van der Waals surface area (Å²) in [6, 6.07) is 4.28.